The van der Waals surface area contributed by atoms with E-state index >= 15 is 0 Å². The summed E-state index contributed by atoms with van der Waals surface area (Å²) in [6.45, 7) is 5.54. The number of aromatic amines is 1. The second-order valence-corrected chi connectivity index (χ2v) is 10.8. The van der Waals surface area contributed by atoms with Crippen molar-refractivity contribution in [1.82, 2.24) is 24.8 Å². The van der Waals surface area contributed by atoms with Crippen molar-refractivity contribution in [3.63, 3.8) is 0 Å². The Morgan fingerprint density at radius 3 is 2.54 bits per heavy atom. The van der Waals surface area contributed by atoms with Gasteiger partial charge in [0.1, 0.15) is 5.82 Å². The third-order valence-electron chi connectivity index (χ3n) is 7.12. The molecule has 0 aliphatic carbocycles. The number of rotatable bonds is 7. The molecule has 5 aromatic rings. The lowest BCUT2D eigenvalue weighted by Crippen LogP contribution is -2.45. The first-order valence-corrected chi connectivity index (χ1v) is 13.9. The van der Waals surface area contributed by atoms with Crippen LogP contribution in [0.2, 0.25) is 0 Å². The molecule has 0 atom stereocenters. The summed E-state index contributed by atoms with van der Waals surface area (Å²) < 4.78 is 13.3. The number of benzene rings is 3. The fourth-order valence-electron chi connectivity index (χ4n) is 4.70. The van der Waals surface area contributed by atoms with E-state index in [4.69, 9.17) is 0 Å². The highest BCUT2D eigenvalue weighted by atomic mass is 32.1. The molecular formula is C30H29FN6OS. The van der Waals surface area contributed by atoms with Gasteiger partial charge >= 0.3 is 0 Å². The maximum atomic E-state index is 13.3. The lowest BCUT2D eigenvalue weighted by Gasteiger charge is -2.32. The summed E-state index contributed by atoms with van der Waals surface area (Å²) in [7, 11) is 2.17. The van der Waals surface area contributed by atoms with Gasteiger partial charge in [0.2, 0.25) is 0 Å². The molecule has 2 N–H and O–H groups in total. The van der Waals surface area contributed by atoms with Gasteiger partial charge in [-0.25, -0.2) is 14.4 Å². The van der Waals surface area contributed by atoms with E-state index in [1.807, 2.05) is 23.6 Å². The van der Waals surface area contributed by atoms with Gasteiger partial charge in [-0.1, -0.05) is 12.1 Å². The predicted octanol–water partition coefficient (Wildman–Crippen LogP) is 5.53. The molecule has 39 heavy (non-hydrogen) atoms. The summed E-state index contributed by atoms with van der Waals surface area (Å²) in [4.78, 5) is 30.4. The van der Waals surface area contributed by atoms with Gasteiger partial charge in [0.05, 0.1) is 16.7 Å². The van der Waals surface area contributed by atoms with Gasteiger partial charge in [0, 0.05) is 54.9 Å². The maximum Gasteiger partial charge on any atom is 0.255 e. The van der Waals surface area contributed by atoms with E-state index in [2.05, 4.69) is 49.2 Å². The summed E-state index contributed by atoms with van der Waals surface area (Å²) >= 11 is 1.46. The van der Waals surface area contributed by atoms with Gasteiger partial charge in [0.25, 0.3) is 5.91 Å². The molecule has 1 aliphatic rings. The molecule has 2 aromatic heterocycles. The smallest absolute Gasteiger partial charge is 0.255 e. The predicted molar refractivity (Wildman–Crippen MR) is 155 cm³/mol. The largest absolute Gasteiger partial charge is 0.336 e. The minimum Gasteiger partial charge on any atom is -0.336 e. The number of imidazole rings is 1. The summed E-state index contributed by atoms with van der Waals surface area (Å²) in [5, 5.41) is 5.65. The van der Waals surface area contributed by atoms with E-state index in [-0.39, 0.29) is 11.7 Å². The molecule has 1 amide bonds. The second kappa shape index (κ2) is 11.1. The lowest BCUT2D eigenvalue weighted by atomic mass is 10.1. The van der Waals surface area contributed by atoms with Crippen molar-refractivity contribution >= 4 is 34.0 Å². The van der Waals surface area contributed by atoms with Gasteiger partial charge in [0.15, 0.2) is 10.8 Å². The van der Waals surface area contributed by atoms with Gasteiger partial charge in [-0.3, -0.25) is 4.79 Å². The number of thiazole rings is 1. The first kappa shape index (κ1) is 25.4. The Kier molecular flexibility index (Phi) is 7.19. The van der Waals surface area contributed by atoms with Crippen molar-refractivity contribution in [3.8, 4) is 22.1 Å². The standard InChI is InChI=1S/C30H29FN6OS/c1-36-14-16-37(17-15-36)13-12-20-2-9-24(10-3-20)32-29(38)22-6-11-25-26(18-22)34-28(33-25)30-35-27(19-39-30)21-4-7-23(31)8-5-21/h2-11,18-19H,12-17H2,1H3,(H,32,38)(H,33,34). The minimum atomic E-state index is -0.278. The number of amides is 1. The highest BCUT2D eigenvalue weighted by Gasteiger charge is 2.15. The number of hydrogen-bond acceptors (Lipinski definition) is 6. The van der Waals surface area contributed by atoms with Crippen LogP contribution < -0.4 is 5.32 Å². The number of H-pyrrole nitrogens is 1. The van der Waals surface area contributed by atoms with E-state index in [0.29, 0.717) is 11.4 Å². The Hall–Kier alpha value is -3.92. The van der Waals surface area contributed by atoms with Crippen LogP contribution in [0.4, 0.5) is 10.1 Å². The quantitative estimate of drug-likeness (QED) is 0.284. The van der Waals surface area contributed by atoms with Crippen LogP contribution in [0.15, 0.2) is 72.1 Å². The fourth-order valence-corrected chi connectivity index (χ4v) is 5.48. The number of aromatic nitrogens is 3. The van der Waals surface area contributed by atoms with Crippen LogP contribution in [0.5, 0.6) is 0 Å². The average molecular weight is 541 g/mol. The number of anilines is 1. The number of nitrogens with zero attached hydrogens (tertiary/aromatic N) is 4. The number of halogens is 1. The van der Waals surface area contributed by atoms with E-state index in [1.54, 1.807) is 24.3 Å². The third kappa shape index (κ3) is 5.90. The molecule has 0 saturated carbocycles. The zero-order valence-corrected chi connectivity index (χ0v) is 22.5. The van der Waals surface area contributed by atoms with Crippen molar-refractivity contribution in [2.45, 2.75) is 6.42 Å². The number of likely N-dealkylation sites (N-methyl/N-ethyl adjacent to an activating group) is 1. The van der Waals surface area contributed by atoms with Crippen LogP contribution in [0.3, 0.4) is 0 Å². The minimum absolute atomic E-state index is 0.175. The van der Waals surface area contributed by atoms with Crippen molar-refractivity contribution in [1.29, 1.82) is 0 Å². The summed E-state index contributed by atoms with van der Waals surface area (Å²) in [5.74, 6) is 0.180. The van der Waals surface area contributed by atoms with Crippen LogP contribution in [0.1, 0.15) is 15.9 Å². The second-order valence-electron chi connectivity index (χ2n) is 9.91. The summed E-state index contributed by atoms with van der Waals surface area (Å²) in [5.41, 5.74) is 5.70. The lowest BCUT2D eigenvalue weighted by molar-refractivity contribution is 0.102. The highest BCUT2D eigenvalue weighted by Crippen LogP contribution is 2.29. The van der Waals surface area contributed by atoms with Crippen molar-refractivity contribution in [2.75, 3.05) is 45.1 Å². The molecule has 1 aliphatic heterocycles. The molecule has 0 unspecified atom stereocenters. The number of nitrogens with one attached hydrogen (secondary N) is 2. The van der Waals surface area contributed by atoms with Gasteiger partial charge in [-0.05, 0) is 73.6 Å². The zero-order chi connectivity index (χ0) is 26.8. The topological polar surface area (TPSA) is 77.2 Å². The van der Waals surface area contributed by atoms with Crippen LogP contribution in [-0.4, -0.2) is 70.4 Å². The Bertz CT molecular complexity index is 1590. The molecule has 1 saturated heterocycles. The maximum absolute atomic E-state index is 13.3. The fraction of sp³-hybridized carbons (Fsp3) is 0.233. The zero-order valence-electron chi connectivity index (χ0n) is 21.7. The first-order chi connectivity index (χ1) is 19.0. The first-order valence-electron chi connectivity index (χ1n) is 13.0. The molecule has 6 rings (SSSR count). The normalized spacial score (nSPS) is 14.6. The molecular weight excluding hydrogens is 511 g/mol. The van der Waals surface area contributed by atoms with E-state index in [1.165, 1.54) is 29.0 Å². The molecule has 0 bridgehead atoms. The van der Waals surface area contributed by atoms with Gasteiger partial charge < -0.3 is 20.1 Å². The SMILES string of the molecule is CN1CCN(CCc2ccc(NC(=O)c3ccc4nc(-c5nc(-c6ccc(F)cc6)cs5)[nH]c4c3)cc2)CC1. The van der Waals surface area contributed by atoms with E-state index < -0.39 is 0 Å². The average Bonchev–Trinajstić information content (AvgIpc) is 3.61. The van der Waals surface area contributed by atoms with Crippen LogP contribution in [0, 0.1) is 5.82 Å². The Balaban J connectivity index is 1.10. The number of piperazine rings is 1. The molecule has 9 heteroatoms. The summed E-state index contributed by atoms with van der Waals surface area (Å²) in [6, 6.07) is 19.8. The monoisotopic (exact) mass is 540 g/mol. The molecule has 198 valence electrons. The van der Waals surface area contributed by atoms with Crippen molar-refractivity contribution < 1.29 is 9.18 Å². The number of fused-ring (bicyclic) bond motifs is 1. The van der Waals surface area contributed by atoms with Crippen molar-refractivity contribution in [2.24, 2.45) is 0 Å². The number of carbonyl (C=O) groups is 1. The molecule has 0 radical (unpaired) electrons. The molecule has 0 spiro atoms. The molecule has 1 fully saturated rings. The van der Waals surface area contributed by atoms with Crippen LogP contribution in [-0.2, 0) is 6.42 Å². The molecule has 7 nitrogen and oxygen atoms in total. The Morgan fingerprint density at radius 1 is 1.00 bits per heavy atom. The highest BCUT2D eigenvalue weighted by molar-refractivity contribution is 7.13. The molecule has 3 heterocycles. The summed E-state index contributed by atoms with van der Waals surface area (Å²) in [6.07, 6.45) is 1.00. The van der Waals surface area contributed by atoms with E-state index in [0.717, 1.165) is 72.1 Å². The molecule has 3 aromatic carbocycles. The van der Waals surface area contributed by atoms with Crippen LogP contribution in [0.25, 0.3) is 33.1 Å². The third-order valence-corrected chi connectivity index (χ3v) is 7.96. The Morgan fingerprint density at radius 2 is 1.77 bits per heavy atom. The van der Waals surface area contributed by atoms with Gasteiger partial charge in [-0.2, -0.15) is 0 Å². The van der Waals surface area contributed by atoms with Crippen molar-refractivity contribution in [3.05, 3.63) is 89.1 Å². The van der Waals surface area contributed by atoms with Gasteiger partial charge in [-0.15, -0.1) is 11.3 Å². The van der Waals surface area contributed by atoms with E-state index in [9.17, 15) is 9.18 Å². The number of carbonyl (C=O) groups excluding carboxylic acids is 1. The van der Waals surface area contributed by atoms with Crippen LogP contribution >= 0.6 is 11.3 Å². The number of hydrogen-bond donors (Lipinski definition) is 2. The Labute approximate surface area is 230 Å².